The predicted octanol–water partition coefficient (Wildman–Crippen LogP) is 34.2. The summed E-state index contributed by atoms with van der Waals surface area (Å²) in [5, 5.41) is 25.1. The number of benzene rings is 20. The molecule has 0 aliphatic heterocycles. The van der Waals surface area contributed by atoms with Crippen molar-refractivity contribution < 1.29 is 17.7 Å². The second kappa shape index (κ2) is 30.2. The molecule has 10 nitrogen and oxygen atoms in total. The van der Waals surface area contributed by atoms with Crippen molar-refractivity contribution in [3.05, 3.63) is 441 Å². The number of aromatic nitrogens is 3. The number of furan rings is 4. The molecule has 20 aromatic carbocycles. The highest BCUT2D eigenvalue weighted by atomic mass is 35.5. The standard InChI is InChI=1S/C70H44N4O2.C24H18N2.C22H10Cl2O2/c1-5-17-47(18-6-1)71(51-31-35-65-59(41-51)55-25-13-15-27-63(55)73(65)49-21-9-3-10-22-49)53-29-33-57-61-37-45-40-68-62(38-46(45)39-67(61)75-69(57)43-53)58-34-30-54(44-70(58)76-68)72(48-19-7-2-8-20-48)52-32-36-66-60(42-52)56-26-14-16-28-64(56)74(66)50-23-11-4-12-24-50;1-3-9-18(10-4-1)25-19-15-16-24-22(17-19)21-13-7-8-14-23(21)26(24)20-11-5-2-6-12-20;23-13-1-3-15-17-5-11-8-20-18(16-4-2-14(24)10-22(16)26-20)6-12(11)7-19(17)25-21(15)9-13/h1-44H;1-17,25H;1-10H. The summed E-state index contributed by atoms with van der Waals surface area (Å²) in [7, 11) is 0. The average molecular weight is 1680 g/mol. The lowest BCUT2D eigenvalue weighted by atomic mass is 10.0. The lowest BCUT2D eigenvalue weighted by Crippen LogP contribution is -2.09. The largest absolute Gasteiger partial charge is 0.456 e. The molecule has 0 aliphatic carbocycles. The van der Waals surface area contributed by atoms with Crippen LogP contribution in [0.2, 0.25) is 10.0 Å². The van der Waals surface area contributed by atoms with Gasteiger partial charge in [0.2, 0.25) is 0 Å². The number of nitrogens with zero attached hydrogens (tertiary/aromatic N) is 5. The van der Waals surface area contributed by atoms with E-state index in [9.17, 15) is 0 Å². The average Bonchev–Trinajstić information content (AvgIpc) is 1.59. The molecule has 7 aromatic heterocycles. The molecule has 0 atom stereocenters. The molecule has 0 fully saturated rings. The van der Waals surface area contributed by atoms with Crippen LogP contribution in [-0.2, 0) is 0 Å². The smallest absolute Gasteiger partial charge is 0.137 e. The van der Waals surface area contributed by atoms with E-state index in [4.69, 9.17) is 40.9 Å². The Hall–Kier alpha value is -16.5. The predicted molar refractivity (Wildman–Crippen MR) is 536 cm³/mol. The summed E-state index contributed by atoms with van der Waals surface area (Å²) in [4.78, 5) is 4.65. The Bertz CT molecular complexity index is 8660. The zero-order chi connectivity index (χ0) is 84.6. The summed E-state index contributed by atoms with van der Waals surface area (Å²) in [6.45, 7) is 0. The van der Waals surface area contributed by atoms with Gasteiger partial charge in [-0.25, -0.2) is 0 Å². The number of anilines is 8. The molecule has 0 amide bonds. The fraction of sp³-hybridized carbons (Fsp3) is 0. The van der Waals surface area contributed by atoms with Gasteiger partial charge < -0.3 is 46.5 Å². The van der Waals surface area contributed by atoms with E-state index >= 15 is 0 Å². The minimum absolute atomic E-state index is 0.670. The molecule has 0 saturated carbocycles. The number of fused-ring (bicyclic) bond motifs is 23. The van der Waals surface area contributed by atoms with Crippen molar-refractivity contribution in [2.75, 3.05) is 15.1 Å². The third kappa shape index (κ3) is 12.6. The van der Waals surface area contributed by atoms with Crippen LogP contribution >= 0.6 is 23.2 Å². The molecule has 12 heteroatoms. The van der Waals surface area contributed by atoms with Gasteiger partial charge >= 0.3 is 0 Å². The molecule has 27 rings (SSSR count). The van der Waals surface area contributed by atoms with E-state index in [0.717, 1.165) is 177 Å². The number of hydrogen-bond donors (Lipinski definition) is 1. The van der Waals surface area contributed by atoms with Crippen LogP contribution in [0.15, 0.2) is 448 Å². The molecule has 0 unspecified atom stereocenters. The van der Waals surface area contributed by atoms with Crippen LogP contribution in [0, 0.1) is 0 Å². The van der Waals surface area contributed by atoms with Crippen LogP contribution < -0.4 is 15.1 Å². The highest BCUT2D eigenvalue weighted by Crippen LogP contribution is 2.48. The molecule has 0 saturated heterocycles. The third-order valence-electron chi connectivity index (χ3n) is 25.1. The maximum atomic E-state index is 6.82. The molecule has 0 spiro atoms. The first-order valence-electron chi connectivity index (χ1n) is 42.8. The van der Waals surface area contributed by atoms with Gasteiger partial charge in [0.05, 0.1) is 33.1 Å². The second-order valence-electron chi connectivity index (χ2n) is 32.7. The Morgan fingerprint density at radius 2 is 0.453 bits per heavy atom. The van der Waals surface area contributed by atoms with Crippen molar-refractivity contribution in [1.29, 1.82) is 0 Å². The maximum absolute atomic E-state index is 6.82. The van der Waals surface area contributed by atoms with E-state index in [1.807, 2.05) is 54.6 Å². The lowest BCUT2D eigenvalue weighted by Gasteiger charge is -2.25. The van der Waals surface area contributed by atoms with Gasteiger partial charge in [-0.2, -0.15) is 0 Å². The van der Waals surface area contributed by atoms with E-state index in [1.165, 1.54) is 60.1 Å². The number of nitrogens with one attached hydrogen (secondary N) is 1. The number of hydrogen-bond acceptors (Lipinski definition) is 7. The summed E-state index contributed by atoms with van der Waals surface area (Å²) >= 11 is 12.2. The Kier molecular flexibility index (Phi) is 17.5. The second-order valence-corrected chi connectivity index (χ2v) is 33.5. The molecule has 7 heterocycles. The zero-order valence-corrected chi connectivity index (χ0v) is 70.1. The van der Waals surface area contributed by atoms with Gasteiger partial charge in [-0.3, -0.25) is 0 Å². The normalized spacial score (nSPS) is 11.8. The van der Waals surface area contributed by atoms with Gasteiger partial charge in [0.15, 0.2) is 0 Å². The number of para-hydroxylation sites is 9. The molecule has 0 aliphatic rings. The van der Waals surface area contributed by atoms with Crippen molar-refractivity contribution in [2.45, 2.75) is 0 Å². The Balaban J connectivity index is 0.000000137. The van der Waals surface area contributed by atoms with Crippen LogP contribution in [0.5, 0.6) is 0 Å². The van der Waals surface area contributed by atoms with Crippen LogP contribution in [0.1, 0.15) is 0 Å². The summed E-state index contributed by atoms with van der Waals surface area (Å²) in [5.74, 6) is 0. The van der Waals surface area contributed by atoms with Gasteiger partial charge in [-0.1, -0.05) is 187 Å². The van der Waals surface area contributed by atoms with Gasteiger partial charge in [0.25, 0.3) is 0 Å². The Morgan fingerprint density at radius 3 is 0.820 bits per heavy atom. The number of halogens is 2. The maximum Gasteiger partial charge on any atom is 0.137 e. The van der Waals surface area contributed by atoms with E-state index < -0.39 is 0 Å². The topological polar surface area (TPSA) is 85.9 Å². The number of rotatable bonds is 11. The van der Waals surface area contributed by atoms with Crippen LogP contribution in [-0.4, -0.2) is 13.7 Å². The van der Waals surface area contributed by atoms with Gasteiger partial charge in [-0.05, 0) is 264 Å². The molecular formula is C116H72Cl2N6O4. The molecule has 0 radical (unpaired) electrons. The summed E-state index contributed by atoms with van der Waals surface area (Å²) in [5.41, 5.74) is 25.7. The lowest BCUT2D eigenvalue weighted by molar-refractivity contribution is 0.668. The molecular weight excluding hydrogens is 1610 g/mol. The summed E-state index contributed by atoms with van der Waals surface area (Å²) in [6.07, 6.45) is 0. The van der Waals surface area contributed by atoms with E-state index in [2.05, 4.69) is 405 Å². The molecule has 0 bridgehead atoms. The minimum atomic E-state index is 0.670. The van der Waals surface area contributed by atoms with E-state index in [-0.39, 0.29) is 0 Å². The van der Waals surface area contributed by atoms with Crippen molar-refractivity contribution in [2.24, 2.45) is 0 Å². The van der Waals surface area contributed by atoms with Crippen molar-refractivity contribution >= 4 is 243 Å². The minimum Gasteiger partial charge on any atom is -0.456 e. The van der Waals surface area contributed by atoms with E-state index in [0.29, 0.717) is 10.0 Å². The Labute approximate surface area is 742 Å². The van der Waals surface area contributed by atoms with Crippen LogP contribution in [0.4, 0.5) is 45.5 Å². The van der Waals surface area contributed by atoms with Crippen molar-refractivity contribution in [3.63, 3.8) is 0 Å². The molecule has 128 heavy (non-hydrogen) atoms. The summed E-state index contributed by atoms with van der Waals surface area (Å²) < 4.78 is 32.7. The monoisotopic (exact) mass is 1680 g/mol. The van der Waals surface area contributed by atoms with Gasteiger partial charge in [0.1, 0.15) is 44.7 Å². The summed E-state index contributed by atoms with van der Waals surface area (Å²) in [6, 6.07) is 151. The molecule has 27 aromatic rings. The van der Waals surface area contributed by atoms with Crippen molar-refractivity contribution in [1.82, 2.24) is 13.7 Å². The highest BCUT2D eigenvalue weighted by Gasteiger charge is 2.24. The molecule has 604 valence electrons. The van der Waals surface area contributed by atoms with E-state index in [1.54, 1.807) is 0 Å². The first kappa shape index (κ1) is 74.2. The third-order valence-corrected chi connectivity index (χ3v) is 25.6. The fourth-order valence-corrected chi connectivity index (χ4v) is 19.7. The van der Waals surface area contributed by atoms with Crippen LogP contribution in [0.3, 0.4) is 0 Å². The first-order chi connectivity index (χ1) is 63.2. The SMILES string of the molecule is Clc1ccc2c(c1)oc1cc3cc4c(cc3cc12)oc1cc(Cl)ccc14.c1ccc(N(c2ccc3c(c2)oc2cc4cc5c(cc4cc23)oc2cc(N(c3ccccc3)c3ccc4c(c3)c3ccccc3n4-c3ccccc3)ccc25)c2ccc3c(c2)c2ccccc2n3-c2ccccc2)cc1.c1ccc(Nc2ccc3c(c2)c2ccccc2n3-c2ccccc2)cc1. The van der Waals surface area contributed by atoms with Crippen LogP contribution in [0.25, 0.3) is 192 Å². The first-order valence-corrected chi connectivity index (χ1v) is 43.6. The van der Waals surface area contributed by atoms with Crippen molar-refractivity contribution in [3.8, 4) is 17.1 Å². The van der Waals surface area contributed by atoms with Gasteiger partial charge in [-0.15, -0.1) is 0 Å². The molecule has 1 N–H and O–H groups in total. The van der Waals surface area contributed by atoms with Gasteiger partial charge in [0, 0.05) is 172 Å². The highest BCUT2D eigenvalue weighted by molar-refractivity contribution is 6.32. The fourth-order valence-electron chi connectivity index (χ4n) is 19.3. The zero-order valence-electron chi connectivity index (χ0n) is 68.6. The quantitative estimate of drug-likeness (QED) is 0.138. The Morgan fingerprint density at radius 1 is 0.180 bits per heavy atom.